The number of hydrogen-bond donors (Lipinski definition) is 2. The second kappa shape index (κ2) is 5.34. The van der Waals surface area contributed by atoms with Gasteiger partial charge in [-0.3, -0.25) is 9.20 Å². The van der Waals surface area contributed by atoms with Gasteiger partial charge in [-0.25, -0.2) is 9.78 Å². The van der Waals surface area contributed by atoms with E-state index >= 15 is 0 Å². The van der Waals surface area contributed by atoms with E-state index in [1.165, 1.54) is 11.3 Å². The Morgan fingerprint density at radius 3 is 3.05 bits per heavy atom. The molecule has 2 aromatic rings. The van der Waals surface area contributed by atoms with Gasteiger partial charge in [-0.2, -0.15) is 11.8 Å². The van der Waals surface area contributed by atoms with Crippen molar-refractivity contribution >= 4 is 39.9 Å². The van der Waals surface area contributed by atoms with Crippen LogP contribution in [0.5, 0.6) is 0 Å². The van der Waals surface area contributed by atoms with E-state index in [1.807, 2.05) is 22.9 Å². The monoisotopic (exact) mass is 325 g/mol. The van der Waals surface area contributed by atoms with E-state index in [9.17, 15) is 14.7 Å². The molecule has 21 heavy (non-hydrogen) atoms. The third kappa shape index (κ3) is 2.65. The highest BCUT2D eigenvalue weighted by Crippen LogP contribution is 2.28. The molecule has 112 valence electrons. The third-order valence-electron chi connectivity index (χ3n) is 3.56. The SMILES string of the molecule is Cc1cn2c(CC(=O)NC3(C(=O)O)CCSC3)csc2n1. The zero-order valence-electron chi connectivity index (χ0n) is 11.5. The number of carbonyl (C=O) groups is 2. The van der Waals surface area contributed by atoms with E-state index in [1.54, 1.807) is 11.8 Å². The highest BCUT2D eigenvalue weighted by atomic mass is 32.2. The Hall–Kier alpha value is -1.54. The number of hydrogen-bond acceptors (Lipinski definition) is 5. The van der Waals surface area contributed by atoms with Gasteiger partial charge in [0.25, 0.3) is 0 Å². The molecule has 3 heterocycles. The molecule has 8 heteroatoms. The van der Waals surface area contributed by atoms with Gasteiger partial charge in [-0.1, -0.05) is 0 Å². The van der Waals surface area contributed by atoms with Crippen molar-refractivity contribution in [3.8, 4) is 0 Å². The number of carbonyl (C=O) groups excluding carboxylic acids is 1. The number of aromatic nitrogens is 2. The minimum atomic E-state index is -1.11. The Morgan fingerprint density at radius 1 is 1.57 bits per heavy atom. The number of nitrogens with zero attached hydrogens (tertiary/aromatic N) is 2. The summed E-state index contributed by atoms with van der Waals surface area (Å²) in [7, 11) is 0. The predicted octanol–water partition coefficient (Wildman–Crippen LogP) is 1.32. The second-order valence-electron chi connectivity index (χ2n) is 5.18. The molecular weight excluding hydrogens is 310 g/mol. The summed E-state index contributed by atoms with van der Waals surface area (Å²) >= 11 is 3.03. The average molecular weight is 325 g/mol. The van der Waals surface area contributed by atoms with Gasteiger partial charge in [0, 0.05) is 23.0 Å². The van der Waals surface area contributed by atoms with Gasteiger partial charge in [-0.05, 0) is 19.1 Å². The van der Waals surface area contributed by atoms with E-state index < -0.39 is 11.5 Å². The minimum absolute atomic E-state index is 0.162. The number of rotatable bonds is 4. The summed E-state index contributed by atoms with van der Waals surface area (Å²) in [5, 5.41) is 14.0. The summed E-state index contributed by atoms with van der Waals surface area (Å²) in [5.74, 6) is -0.0199. The molecule has 0 bridgehead atoms. The number of fused-ring (bicyclic) bond motifs is 1. The Labute approximate surface area is 129 Å². The summed E-state index contributed by atoms with van der Waals surface area (Å²) in [6, 6.07) is 0. The van der Waals surface area contributed by atoms with Crippen molar-refractivity contribution in [2.45, 2.75) is 25.3 Å². The molecule has 1 amide bonds. The lowest BCUT2D eigenvalue weighted by atomic mass is 9.99. The highest BCUT2D eigenvalue weighted by Gasteiger charge is 2.43. The quantitative estimate of drug-likeness (QED) is 0.886. The first kappa shape index (κ1) is 14.4. The van der Waals surface area contributed by atoms with E-state index in [2.05, 4.69) is 10.3 Å². The van der Waals surface area contributed by atoms with Gasteiger partial charge in [-0.15, -0.1) is 11.3 Å². The van der Waals surface area contributed by atoms with Gasteiger partial charge in [0.1, 0.15) is 5.54 Å². The van der Waals surface area contributed by atoms with Crippen molar-refractivity contribution in [3.63, 3.8) is 0 Å². The smallest absolute Gasteiger partial charge is 0.330 e. The molecule has 0 aromatic carbocycles. The average Bonchev–Trinajstić information content (AvgIpc) is 3.08. The molecule has 0 aliphatic carbocycles. The van der Waals surface area contributed by atoms with Crippen LogP contribution in [0.15, 0.2) is 11.6 Å². The van der Waals surface area contributed by atoms with Crippen LogP contribution < -0.4 is 5.32 Å². The van der Waals surface area contributed by atoms with Crippen LogP contribution >= 0.6 is 23.1 Å². The molecule has 6 nitrogen and oxygen atoms in total. The number of aryl methyl sites for hydroxylation is 1. The van der Waals surface area contributed by atoms with Gasteiger partial charge in [0.05, 0.1) is 12.1 Å². The van der Waals surface area contributed by atoms with Crippen molar-refractivity contribution in [2.75, 3.05) is 11.5 Å². The number of carboxylic acid groups (broad SMARTS) is 1. The lowest BCUT2D eigenvalue weighted by molar-refractivity contribution is -0.146. The fourth-order valence-corrected chi connectivity index (χ4v) is 4.67. The van der Waals surface area contributed by atoms with Crippen LogP contribution in [0.3, 0.4) is 0 Å². The van der Waals surface area contributed by atoms with Crippen molar-refractivity contribution in [1.29, 1.82) is 0 Å². The normalized spacial score (nSPS) is 21.8. The predicted molar refractivity (Wildman–Crippen MR) is 82.0 cm³/mol. The van der Waals surface area contributed by atoms with Crippen LogP contribution in [-0.2, 0) is 16.0 Å². The molecule has 1 aliphatic heterocycles. The van der Waals surface area contributed by atoms with Gasteiger partial charge >= 0.3 is 5.97 Å². The lowest BCUT2D eigenvalue weighted by Crippen LogP contribution is -2.55. The molecule has 0 spiro atoms. The first-order valence-corrected chi connectivity index (χ1v) is 8.58. The Morgan fingerprint density at radius 2 is 2.38 bits per heavy atom. The van der Waals surface area contributed by atoms with Crippen molar-refractivity contribution in [2.24, 2.45) is 0 Å². The molecule has 1 atom stereocenters. The van der Waals surface area contributed by atoms with Gasteiger partial charge < -0.3 is 10.4 Å². The number of thioether (sulfide) groups is 1. The minimum Gasteiger partial charge on any atom is -0.479 e. The van der Waals surface area contributed by atoms with Gasteiger partial charge in [0.15, 0.2) is 4.96 Å². The largest absolute Gasteiger partial charge is 0.479 e. The van der Waals surface area contributed by atoms with Crippen LogP contribution in [0.1, 0.15) is 17.8 Å². The van der Waals surface area contributed by atoms with Crippen LogP contribution in [0.2, 0.25) is 0 Å². The molecule has 1 saturated heterocycles. The van der Waals surface area contributed by atoms with Crippen LogP contribution in [0, 0.1) is 6.92 Å². The van der Waals surface area contributed by atoms with Crippen LogP contribution in [0.25, 0.3) is 4.96 Å². The van der Waals surface area contributed by atoms with E-state index in [0.29, 0.717) is 12.2 Å². The zero-order chi connectivity index (χ0) is 15.0. The molecule has 0 saturated carbocycles. The van der Waals surface area contributed by atoms with Crippen molar-refractivity contribution in [1.82, 2.24) is 14.7 Å². The van der Waals surface area contributed by atoms with E-state index in [4.69, 9.17) is 0 Å². The molecule has 1 aliphatic rings. The number of amides is 1. The topological polar surface area (TPSA) is 83.7 Å². The lowest BCUT2D eigenvalue weighted by Gasteiger charge is -2.24. The summed E-state index contributed by atoms with van der Waals surface area (Å²) in [6.45, 7) is 1.90. The Balaban J connectivity index is 1.75. The Bertz CT molecular complexity index is 701. The molecular formula is C13H15N3O3S2. The van der Waals surface area contributed by atoms with E-state index in [-0.39, 0.29) is 12.3 Å². The zero-order valence-corrected chi connectivity index (χ0v) is 13.1. The second-order valence-corrected chi connectivity index (χ2v) is 7.12. The fraction of sp³-hybridized carbons (Fsp3) is 0.462. The molecule has 2 N–H and O–H groups in total. The summed E-state index contributed by atoms with van der Waals surface area (Å²) in [4.78, 5) is 28.8. The first-order chi connectivity index (χ1) is 10.00. The Kier molecular flexibility index (Phi) is 3.66. The number of imidazole rings is 1. The summed E-state index contributed by atoms with van der Waals surface area (Å²) in [6.07, 6.45) is 2.52. The van der Waals surface area contributed by atoms with Crippen molar-refractivity contribution < 1.29 is 14.7 Å². The molecule has 1 unspecified atom stereocenters. The summed E-state index contributed by atoms with van der Waals surface area (Å²) < 4.78 is 1.89. The maximum absolute atomic E-state index is 12.2. The third-order valence-corrected chi connectivity index (χ3v) is 5.63. The van der Waals surface area contributed by atoms with Gasteiger partial charge in [0.2, 0.25) is 5.91 Å². The standard InChI is InChI=1S/C13H15N3O3S2/c1-8-5-16-9(6-21-12(16)14-8)4-10(17)15-13(11(18)19)2-3-20-7-13/h5-6H,2-4,7H2,1H3,(H,15,17)(H,18,19). The maximum atomic E-state index is 12.2. The summed E-state index contributed by atoms with van der Waals surface area (Å²) in [5.41, 5.74) is 0.624. The number of thiazole rings is 1. The molecule has 2 aromatic heterocycles. The van der Waals surface area contributed by atoms with Crippen LogP contribution in [-0.4, -0.2) is 43.4 Å². The molecule has 3 rings (SSSR count). The van der Waals surface area contributed by atoms with E-state index in [0.717, 1.165) is 22.1 Å². The molecule has 0 radical (unpaired) electrons. The first-order valence-electron chi connectivity index (χ1n) is 6.54. The molecule has 1 fully saturated rings. The van der Waals surface area contributed by atoms with Crippen LogP contribution in [0.4, 0.5) is 0 Å². The van der Waals surface area contributed by atoms with Crippen molar-refractivity contribution in [3.05, 3.63) is 23.0 Å². The maximum Gasteiger partial charge on any atom is 0.330 e. The fourth-order valence-electron chi connectivity index (χ4n) is 2.43. The number of nitrogens with one attached hydrogen (secondary N) is 1. The highest BCUT2D eigenvalue weighted by molar-refractivity contribution is 7.99. The number of aliphatic carboxylic acids is 1. The number of carboxylic acids is 1.